The van der Waals surface area contributed by atoms with E-state index in [2.05, 4.69) is 39.1 Å². The second-order valence-electron chi connectivity index (χ2n) is 12.4. The van der Waals surface area contributed by atoms with E-state index in [1.54, 1.807) is 5.57 Å². The summed E-state index contributed by atoms with van der Waals surface area (Å²) in [5.41, 5.74) is 2.56. The Bertz CT molecular complexity index is 649. The van der Waals surface area contributed by atoms with Crippen LogP contribution in [0.2, 0.25) is 0 Å². The zero-order valence-corrected chi connectivity index (χ0v) is 19.4. The molecule has 1 saturated heterocycles. The lowest BCUT2D eigenvalue weighted by atomic mass is 9.47. The standard InChI is InChI=1S/C27H45NO/c1-17-5-10-25(28-16-17)18(2)22-8-9-23-21-7-6-19-15-20(29)11-13-26(19,3)24(21)12-14-27(22,23)4/h6,17-18,20-25,28-29H,5,7-16H2,1-4H3/t17?,18?,20?,21-,22?,23-,24-,25?,26-,27+/m0/s1. The van der Waals surface area contributed by atoms with Gasteiger partial charge in [0.1, 0.15) is 0 Å². The molecule has 0 radical (unpaired) electrons. The Morgan fingerprint density at radius 3 is 2.62 bits per heavy atom. The second kappa shape index (κ2) is 7.37. The maximum absolute atomic E-state index is 10.2. The fraction of sp³-hybridized carbons (Fsp3) is 0.926. The van der Waals surface area contributed by atoms with Crippen LogP contribution in [0.25, 0.3) is 0 Å². The van der Waals surface area contributed by atoms with Gasteiger partial charge in [0.15, 0.2) is 0 Å². The van der Waals surface area contributed by atoms with Gasteiger partial charge >= 0.3 is 0 Å². The van der Waals surface area contributed by atoms with Gasteiger partial charge in [0.05, 0.1) is 6.10 Å². The summed E-state index contributed by atoms with van der Waals surface area (Å²) in [6.07, 6.45) is 15.6. The molecular formula is C27H45NO. The first kappa shape index (κ1) is 20.6. The van der Waals surface area contributed by atoms with E-state index >= 15 is 0 Å². The van der Waals surface area contributed by atoms with Crippen molar-refractivity contribution in [2.75, 3.05) is 6.54 Å². The number of fused-ring (bicyclic) bond motifs is 5. The van der Waals surface area contributed by atoms with Crippen molar-refractivity contribution in [3.05, 3.63) is 11.6 Å². The van der Waals surface area contributed by atoms with E-state index in [4.69, 9.17) is 0 Å². The molecule has 1 aliphatic heterocycles. The number of rotatable bonds is 2. The first-order chi connectivity index (χ1) is 13.8. The first-order valence-corrected chi connectivity index (χ1v) is 12.9. The van der Waals surface area contributed by atoms with Crippen molar-refractivity contribution in [1.29, 1.82) is 0 Å². The quantitative estimate of drug-likeness (QED) is 0.562. The van der Waals surface area contributed by atoms with Gasteiger partial charge in [0.25, 0.3) is 0 Å². The van der Waals surface area contributed by atoms with Crippen LogP contribution in [0, 0.1) is 46.3 Å². The maximum Gasteiger partial charge on any atom is 0.0577 e. The first-order valence-electron chi connectivity index (χ1n) is 12.9. The molecule has 29 heavy (non-hydrogen) atoms. The molecule has 5 aliphatic rings. The fourth-order valence-corrected chi connectivity index (χ4v) is 9.30. The van der Waals surface area contributed by atoms with E-state index in [9.17, 15) is 5.11 Å². The highest BCUT2D eigenvalue weighted by atomic mass is 16.3. The minimum Gasteiger partial charge on any atom is -0.393 e. The summed E-state index contributed by atoms with van der Waals surface area (Å²) in [6, 6.07) is 0.750. The largest absolute Gasteiger partial charge is 0.393 e. The van der Waals surface area contributed by atoms with Crippen LogP contribution in [-0.2, 0) is 0 Å². The molecule has 0 aromatic carbocycles. The van der Waals surface area contributed by atoms with Gasteiger partial charge in [0, 0.05) is 6.04 Å². The van der Waals surface area contributed by atoms with Crippen LogP contribution < -0.4 is 5.32 Å². The average molecular weight is 400 g/mol. The highest BCUT2D eigenvalue weighted by Gasteiger charge is 2.59. The highest BCUT2D eigenvalue weighted by Crippen LogP contribution is 2.67. The van der Waals surface area contributed by atoms with Crippen molar-refractivity contribution < 1.29 is 5.11 Å². The molecule has 2 heteroatoms. The Morgan fingerprint density at radius 2 is 1.86 bits per heavy atom. The summed E-state index contributed by atoms with van der Waals surface area (Å²) in [6.45, 7) is 11.5. The molecule has 5 rings (SSSR count). The normalized spacial score (nSPS) is 53.4. The summed E-state index contributed by atoms with van der Waals surface area (Å²) in [5, 5.41) is 14.2. The Balaban J connectivity index is 1.36. The monoisotopic (exact) mass is 399 g/mol. The highest BCUT2D eigenvalue weighted by molar-refractivity contribution is 5.25. The van der Waals surface area contributed by atoms with Crippen molar-refractivity contribution in [3.63, 3.8) is 0 Å². The van der Waals surface area contributed by atoms with E-state index in [1.165, 1.54) is 57.9 Å². The molecule has 5 unspecified atom stereocenters. The lowest BCUT2D eigenvalue weighted by molar-refractivity contribution is -0.0598. The maximum atomic E-state index is 10.2. The Kier molecular flexibility index (Phi) is 5.22. The molecule has 0 amide bonds. The zero-order valence-electron chi connectivity index (χ0n) is 19.4. The van der Waals surface area contributed by atoms with Crippen LogP contribution in [-0.4, -0.2) is 23.8 Å². The van der Waals surface area contributed by atoms with E-state index in [1.807, 2.05) is 0 Å². The van der Waals surface area contributed by atoms with Gasteiger partial charge < -0.3 is 10.4 Å². The number of aliphatic hydroxyl groups is 1. The zero-order chi connectivity index (χ0) is 20.4. The van der Waals surface area contributed by atoms with Crippen molar-refractivity contribution in [1.82, 2.24) is 5.32 Å². The predicted octanol–water partition coefficient (Wildman–Crippen LogP) is 5.95. The van der Waals surface area contributed by atoms with Crippen LogP contribution in [0.5, 0.6) is 0 Å². The third kappa shape index (κ3) is 3.18. The molecule has 4 fully saturated rings. The molecule has 2 N–H and O–H groups in total. The molecule has 1 heterocycles. The van der Waals surface area contributed by atoms with Crippen molar-refractivity contribution >= 4 is 0 Å². The SMILES string of the molecule is CC1CCC(C(C)C2CC[C@H]3[C@@H]4CC=C5CC(O)CC[C@]5(C)[C@H]4CC[C@]23C)NC1. The molecule has 0 spiro atoms. The van der Waals surface area contributed by atoms with Crippen molar-refractivity contribution in [2.24, 2.45) is 46.3 Å². The third-order valence-electron chi connectivity index (χ3n) is 11.1. The van der Waals surface area contributed by atoms with Gasteiger partial charge in [-0.05, 0) is 117 Å². The molecule has 164 valence electrons. The molecule has 10 atom stereocenters. The molecule has 3 saturated carbocycles. The predicted molar refractivity (Wildman–Crippen MR) is 121 cm³/mol. The van der Waals surface area contributed by atoms with Gasteiger partial charge in [-0.15, -0.1) is 0 Å². The van der Waals surface area contributed by atoms with Gasteiger partial charge in [-0.3, -0.25) is 0 Å². The lowest BCUT2D eigenvalue weighted by Gasteiger charge is -2.58. The topological polar surface area (TPSA) is 32.3 Å². The Hall–Kier alpha value is -0.340. The minimum atomic E-state index is -0.0813. The molecule has 4 aliphatic carbocycles. The number of nitrogens with one attached hydrogen (secondary N) is 1. The third-order valence-corrected chi connectivity index (χ3v) is 11.1. The smallest absolute Gasteiger partial charge is 0.0577 e. The number of piperidine rings is 1. The summed E-state index contributed by atoms with van der Waals surface area (Å²) in [7, 11) is 0. The number of hydrogen-bond donors (Lipinski definition) is 2. The lowest BCUT2D eigenvalue weighted by Crippen LogP contribution is -2.52. The van der Waals surface area contributed by atoms with Crippen LogP contribution in [0.4, 0.5) is 0 Å². The summed E-state index contributed by atoms with van der Waals surface area (Å²) < 4.78 is 0. The number of hydrogen-bond acceptors (Lipinski definition) is 2. The minimum absolute atomic E-state index is 0.0813. The summed E-state index contributed by atoms with van der Waals surface area (Å²) >= 11 is 0. The van der Waals surface area contributed by atoms with E-state index in [0.29, 0.717) is 10.8 Å². The summed E-state index contributed by atoms with van der Waals surface area (Å²) in [5.74, 6) is 5.29. The van der Waals surface area contributed by atoms with Gasteiger partial charge in [-0.1, -0.05) is 39.3 Å². The average Bonchev–Trinajstić information content (AvgIpc) is 3.06. The van der Waals surface area contributed by atoms with E-state index < -0.39 is 0 Å². The van der Waals surface area contributed by atoms with Crippen LogP contribution in [0.15, 0.2) is 11.6 Å². The van der Waals surface area contributed by atoms with Crippen molar-refractivity contribution in [2.45, 2.75) is 104 Å². The van der Waals surface area contributed by atoms with E-state index in [0.717, 1.165) is 54.4 Å². The van der Waals surface area contributed by atoms with E-state index in [-0.39, 0.29) is 6.10 Å². The van der Waals surface area contributed by atoms with Gasteiger partial charge in [-0.2, -0.15) is 0 Å². The van der Waals surface area contributed by atoms with Gasteiger partial charge in [-0.25, -0.2) is 0 Å². The second-order valence-corrected chi connectivity index (χ2v) is 12.4. The fourth-order valence-electron chi connectivity index (χ4n) is 9.30. The van der Waals surface area contributed by atoms with Crippen LogP contribution in [0.1, 0.15) is 91.9 Å². The molecule has 0 aromatic rings. The van der Waals surface area contributed by atoms with Crippen LogP contribution in [0.3, 0.4) is 0 Å². The van der Waals surface area contributed by atoms with Gasteiger partial charge in [0.2, 0.25) is 0 Å². The van der Waals surface area contributed by atoms with Crippen molar-refractivity contribution in [3.8, 4) is 0 Å². The summed E-state index contributed by atoms with van der Waals surface area (Å²) in [4.78, 5) is 0. The number of allylic oxidation sites excluding steroid dienone is 1. The number of aliphatic hydroxyl groups excluding tert-OH is 1. The molecule has 2 nitrogen and oxygen atoms in total. The Labute approximate surface area is 179 Å². The Morgan fingerprint density at radius 1 is 1.03 bits per heavy atom. The molecular weight excluding hydrogens is 354 g/mol. The van der Waals surface area contributed by atoms with Crippen LogP contribution >= 0.6 is 0 Å². The molecule has 0 aromatic heterocycles. The molecule has 0 bridgehead atoms.